The van der Waals surface area contributed by atoms with Gasteiger partial charge in [0.2, 0.25) is 11.8 Å². The molecule has 0 aliphatic carbocycles. The Balaban J connectivity index is 2.26. The van der Waals surface area contributed by atoms with E-state index in [0.717, 1.165) is 12.8 Å². The fraction of sp³-hybridized carbons (Fsp3) is 0.846. The van der Waals surface area contributed by atoms with Crippen LogP contribution in [0.15, 0.2) is 0 Å². The van der Waals surface area contributed by atoms with Crippen LogP contribution in [0.2, 0.25) is 0 Å². The number of amides is 2. The molecule has 1 atom stereocenters. The topological polar surface area (TPSA) is 58.6 Å². The van der Waals surface area contributed by atoms with Crippen LogP contribution in [0.5, 0.6) is 0 Å². The van der Waals surface area contributed by atoms with Crippen molar-refractivity contribution in [3.05, 3.63) is 0 Å². The molecule has 2 amide bonds. The van der Waals surface area contributed by atoms with Gasteiger partial charge in [-0.2, -0.15) is 0 Å². The maximum Gasteiger partial charge on any atom is 0.248 e. The van der Waals surface area contributed by atoms with Gasteiger partial charge >= 0.3 is 0 Å². The zero-order chi connectivity index (χ0) is 13.4. The van der Waals surface area contributed by atoms with E-state index in [-0.39, 0.29) is 23.9 Å². The summed E-state index contributed by atoms with van der Waals surface area (Å²) in [7, 11) is 0. The third kappa shape index (κ3) is 2.11. The Morgan fingerprint density at radius 1 is 1.28 bits per heavy atom. The maximum absolute atomic E-state index is 12.6. The first kappa shape index (κ1) is 13.3. The first-order valence-corrected chi connectivity index (χ1v) is 6.62. The van der Waals surface area contributed by atoms with Crippen molar-refractivity contribution < 1.29 is 14.3 Å². The van der Waals surface area contributed by atoms with Crippen molar-refractivity contribution >= 4 is 11.8 Å². The zero-order valence-electron chi connectivity index (χ0n) is 11.4. The Morgan fingerprint density at radius 2 is 1.89 bits per heavy atom. The Bertz CT molecular complexity index is 363. The molecule has 0 radical (unpaired) electrons. The van der Waals surface area contributed by atoms with E-state index in [1.165, 1.54) is 0 Å². The quantitative estimate of drug-likeness (QED) is 0.788. The summed E-state index contributed by atoms with van der Waals surface area (Å²) in [5.41, 5.74) is -1.000. The van der Waals surface area contributed by atoms with E-state index >= 15 is 0 Å². The van der Waals surface area contributed by atoms with Gasteiger partial charge in [-0.3, -0.25) is 9.59 Å². The highest BCUT2D eigenvalue weighted by Crippen LogP contribution is 2.31. The number of hydrogen-bond acceptors (Lipinski definition) is 3. The molecule has 1 unspecified atom stereocenters. The number of carbonyl (C=O) groups excluding carboxylic acids is 2. The second-order valence-electron chi connectivity index (χ2n) is 5.73. The zero-order valence-corrected chi connectivity index (χ0v) is 11.4. The minimum Gasteiger partial charge on any atom is -0.381 e. The normalized spacial score (nSPS) is 32.3. The molecule has 2 aliphatic rings. The largest absolute Gasteiger partial charge is 0.381 e. The molecule has 0 aromatic heterocycles. The van der Waals surface area contributed by atoms with Crippen LogP contribution in [-0.4, -0.2) is 47.6 Å². The molecular formula is C13H22N2O3. The van der Waals surface area contributed by atoms with Crippen LogP contribution in [0.4, 0.5) is 0 Å². The van der Waals surface area contributed by atoms with E-state index < -0.39 is 5.54 Å². The monoisotopic (exact) mass is 254 g/mol. The van der Waals surface area contributed by atoms with Crippen LogP contribution in [0, 0.1) is 0 Å². The molecule has 0 bridgehead atoms. The van der Waals surface area contributed by atoms with Gasteiger partial charge in [0.1, 0.15) is 12.1 Å². The summed E-state index contributed by atoms with van der Waals surface area (Å²) >= 11 is 0. The van der Waals surface area contributed by atoms with Crippen LogP contribution in [0.3, 0.4) is 0 Å². The molecule has 0 aromatic carbocycles. The predicted octanol–water partition coefficient (Wildman–Crippen LogP) is 0.683. The molecule has 18 heavy (non-hydrogen) atoms. The number of carbonyl (C=O) groups is 2. The first-order valence-electron chi connectivity index (χ1n) is 6.62. The SMILES string of the molecule is CCC1(C)NC(=O)CN(C2(C)CCOCC2)C1=O. The molecule has 2 aliphatic heterocycles. The lowest BCUT2D eigenvalue weighted by Crippen LogP contribution is -2.70. The molecular weight excluding hydrogens is 232 g/mol. The molecule has 0 spiro atoms. The lowest BCUT2D eigenvalue weighted by Gasteiger charge is -2.49. The standard InChI is InChI=1S/C13H22N2O3/c1-4-13(3)11(17)15(9-10(16)14-13)12(2)5-7-18-8-6-12/h4-9H2,1-3H3,(H,14,16). The summed E-state index contributed by atoms with van der Waals surface area (Å²) in [6.45, 7) is 7.28. The number of nitrogens with zero attached hydrogens (tertiary/aromatic N) is 1. The molecule has 5 heteroatoms. The number of piperazine rings is 1. The predicted molar refractivity (Wildman–Crippen MR) is 67.0 cm³/mol. The second kappa shape index (κ2) is 4.53. The number of nitrogens with one attached hydrogen (secondary N) is 1. The Kier molecular flexibility index (Phi) is 3.36. The lowest BCUT2D eigenvalue weighted by atomic mass is 9.85. The van der Waals surface area contributed by atoms with E-state index in [1.54, 1.807) is 4.90 Å². The maximum atomic E-state index is 12.6. The highest BCUT2D eigenvalue weighted by molar-refractivity contribution is 5.98. The van der Waals surface area contributed by atoms with Gasteiger partial charge in [0.15, 0.2) is 0 Å². The molecule has 0 aromatic rings. The van der Waals surface area contributed by atoms with Gasteiger partial charge in [0, 0.05) is 18.8 Å². The minimum absolute atomic E-state index is 0.0361. The van der Waals surface area contributed by atoms with E-state index in [1.807, 2.05) is 13.8 Å². The second-order valence-corrected chi connectivity index (χ2v) is 5.73. The summed E-state index contributed by atoms with van der Waals surface area (Å²) in [5.74, 6) is -0.0272. The van der Waals surface area contributed by atoms with Gasteiger partial charge in [0.25, 0.3) is 0 Å². The number of hydrogen-bond donors (Lipinski definition) is 1. The molecule has 2 rings (SSSR count). The lowest BCUT2D eigenvalue weighted by molar-refractivity contribution is -0.159. The summed E-state index contributed by atoms with van der Waals surface area (Å²) in [4.78, 5) is 26.2. The van der Waals surface area contributed by atoms with Gasteiger partial charge < -0.3 is 15.0 Å². The van der Waals surface area contributed by atoms with E-state index in [4.69, 9.17) is 4.74 Å². The third-order valence-corrected chi connectivity index (χ3v) is 4.36. The molecule has 1 N–H and O–H groups in total. The highest BCUT2D eigenvalue weighted by Gasteiger charge is 2.48. The minimum atomic E-state index is -0.753. The third-order valence-electron chi connectivity index (χ3n) is 4.36. The van der Waals surface area contributed by atoms with Gasteiger partial charge in [0.05, 0.1) is 0 Å². The summed E-state index contributed by atoms with van der Waals surface area (Å²) in [6, 6.07) is 0. The van der Waals surface area contributed by atoms with E-state index in [0.29, 0.717) is 19.6 Å². The Morgan fingerprint density at radius 3 is 2.44 bits per heavy atom. The molecule has 0 saturated carbocycles. The highest BCUT2D eigenvalue weighted by atomic mass is 16.5. The Hall–Kier alpha value is -1.10. The molecule has 2 heterocycles. The average Bonchev–Trinajstić information content (AvgIpc) is 2.34. The summed E-state index contributed by atoms with van der Waals surface area (Å²) in [6.07, 6.45) is 2.21. The van der Waals surface area contributed by atoms with Gasteiger partial charge in [-0.25, -0.2) is 0 Å². The Labute approximate surface area is 108 Å². The fourth-order valence-corrected chi connectivity index (χ4v) is 2.67. The van der Waals surface area contributed by atoms with Crippen molar-refractivity contribution in [1.82, 2.24) is 10.2 Å². The van der Waals surface area contributed by atoms with Gasteiger partial charge in [-0.15, -0.1) is 0 Å². The van der Waals surface area contributed by atoms with Crippen LogP contribution in [-0.2, 0) is 14.3 Å². The van der Waals surface area contributed by atoms with Crippen LogP contribution < -0.4 is 5.32 Å². The van der Waals surface area contributed by atoms with Crippen LogP contribution >= 0.6 is 0 Å². The van der Waals surface area contributed by atoms with E-state index in [9.17, 15) is 9.59 Å². The molecule has 2 fully saturated rings. The van der Waals surface area contributed by atoms with Crippen LogP contribution in [0.1, 0.15) is 40.0 Å². The van der Waals surface area contributed by atoms with Crippen molar-refractivity contribution in [2.75, 3.05) is 19.8 Å². The first-order chi connectivity index (χ1) is 8.41. The van der Waals surface area contributed by atoms with Crippen molar-refractivity contribution in [2.24, 2.45) is 0 Å². The summed E-state index contributed by atoms with van der Waals surface area (Å²) in [5, 5.41) is 2.82. The molecule has 2 saturated heterocycles. The smallest absolute Gasteiger partial charge is 0.248 e. The molecule has 102 valence electrons. The number of rotatable bonds is 2. The molecule has 5 nitrogen and oxygen atoms in total. The van der Waals surface area contributed by atoms with Gasteiger partial charge in [-0.05, 0) is 33.1 Å². The fourth-order valence-electron chi connectivity index (χ4n) is 2.67. The van der Waals surface area contributed by atoms with Crippen molar-refractivity contribution in [3.63, 3.8) is 0 Å². The van der Waals surface area contributed by atoms with E-state index in [2.05, 4.69) is 12.2 Å². The summed E-state index contributed by atoms with van der Waals surface area (Å²) < 4.78 is 5.36. The van der Waals surface area contributed by atoms with Crippen molar-refractivity contribution in [1.29, 1.82) is 0 Å². The van der Waals surface area contributed by atoms with Crippen molar-refractivity contribution in [2.45, 2.75) is 51.1 Å². The van der Waals surface area contributed by atoms with Gasteiger partial charge in [-0.1, -0.05) is 6.92 Å². The van der Waals surface area contributed by atoms with Crippen LogP contribution in [0.25, 0.3) is 0 Å². The average molecular weight is 254 g/mol. The number of ether oxygens (including phenoxy) is 1. The van der Waals surface area contributed by atoms with Crippen molar-refractivity contribution in [3.8, 4) is 0 Å².